The number of rotatable bonds is 3. The topological polar surface area (TPSA) is 21.3 Å². The molecule has 1 fully saturated rings. The highest BCUT2D eigenvalue weighted by Crippen LogP contribution is 2.38. The van der Waals surface area contributed by atoms with Crippen LogP contribution in [0.3, 0.4) is 0 Å². The number of ether oxygens (including phenoxy) is 1. The Morgan fingerprint density at radius 3 is 2.47 bits per heavy atom. The monoisotopic (exact) mass is 281 g/mol. The van der Waals surface area contributed by atoms with Crippen LogP contribution in [0.25, 0.3) is 0 Å². The van der Waals surface area contributed by atoms with Crippen LogP contribution >= 0.6 is 11.6 Å². The molecule has 0 aromatic heterocycles. The lowest BCUT2D eigenvalue weighted by atomic mass is 9.75. The van der Waals surface area contributed by atoms with E-state index in [1.165, 1.54) is 25.7 Å². The number of benzene rings is 1. The molecule has 1 aliphatic carbocycles. The summed E-state index contributed by atoms with van der Waals surface area (Å²) in [6, 6.07) is 4.52. The Morgan fingerprint density at radius 1 is 1.26 bits per heavy atom. The molecular weight excluding hydrogens is 258 g/mol. The SMILES string of the molecule is COc1cc(Cl)c(C)cc1NC1CCC(C)(C)CC1. The van der Waals surface area contributed by atoms with Crippen molar-refractivity contribution in [3.63, 3.8) is 0 Å². The van der Waals surface area contributed by atoms with Crippen LogP contribution in [-0.4, -0.2) is 13.2 Å². The molecule has 1 aromatic rings. The molecule has 3 heteroatoms. The van der Waals surface area contributed by atoms with Gasteiger partial charge in [-0.25, -0.2) is 0 Å². The standard InChI is InChI=1S/C16H24ClNO/c1-11-9-14(15(19-4)10-13(11)17)18-12-5-7-16(2,3)8-6-12/h9-10,12,18H,5-8H2,1-4H3. The van der Waals surface area contributed by atoms with Crippen LogP contribution < -0.4 is 10.1 Å². The summed E-state index contributed by atoms with van der Waals surface area (Å²) in [5.74, 6) is 0.834. The highest BCUT2D eigenvalue weighted by atomic mass is 35.5. The van der Waals surface area contributed by atoms with Gasteiger partial charge in [-0.1, -0.05) is 25.4 Å². The Bertz CT molecular complexity index is 446. The Kier molecular flexibility index (Phi) is 4.29. The lowest BCUT2D eigenvalue weighted by Crippen LogP contribution is -2.30. The maximum atomic E-state index is 6.14. The van der Waals surface area contributed by atoms with E-state index in [9.17, 15) is 0 Å². The quantitative estimate of drug-likeness (QED) is 0.838. The van der Waals surface area contributed by atoms with Gasteiger partial charge in [-0.15, -0.1) is 0 Å². The maximum Gasteiger partial charge on any atom is 0.143 e. The van der Waals surface area contributed by atoms with E-state index in [0.29, 0.717) is 11.5 Å². The van der Waals surface area contributed by atoms with E-state index in [0.717, 1.165) is 22.0 Å². The molecule has 1 saturated carbocycles. The number of anilines is 1. The van der Waals surface area contributed by atoms with Crippen molar-refractivity contribution in [3.8, 4) is 5.75 Å². The molecule has 0 bridgehead atoms. The summed E-state index contributed by atoms with van der Waals surface area (Å²) in [5, 5.41) is 4.38. The van der Waals surface area contributed by atoms with Crippen LogP contribution in [0.1, 0.15) is 45.1 Å². The second kappa shape index (κ2) is 5.62. The number of hydrogen-bond acceptors (Lipinski definition) is 2. The minimum absolute atomic E-state index is 0.498. The fourth-order valence-corrected chi connectivity index (χ4v) is 2.86. The zero-order valence-electron chi connectivity index (χ0n) is 12.3. The largest absolute Gasteiger partial charge is 0.495 e. The highest BCUT2D eigenvalue weighted by Gasteiger charge is 2.27. The molecule has 1 N–H and O–H groups in total. The van der Waals surface area contributed by atoms with E-state index in [4.69, 9.17) is 16.3 Å². The Labute approximate surface area is 121 Å². The van der Waals surface area contributed by atoms with Crippen molar-refractivity contribution in [2.75, 3.05) is 12.4 Å². The Hall–Kier alpha value is -0.890. The Balaban J connectivity index is 2.09. The molecule has 0 heterocycles. The number of methoxy groups -OCH3 is 1. The van der Waals surface area contributed by atoms with Gasteiger partial charge >= 0.3 is 0 Å². The van der Waals surface area contributed by atoms with Crippen LogP contribution in [0, 0.1) is 12.3 Å². The average Bonchev–Trinajstić information content (AvgIpc) is 2.36. The normalized spacial score (nSPS) is 19.2. The van der Waals surface area contributed by atoms with Gasteiger partial charge in [-0.2, -0.15) is 0 Å². The first-order valence-corrected chi connectivity index (χ1v) is 7.40. The second-order valence-corrected chi connectivity index (χ2v) is 6.79. The van der Waals surface area contributed by atoms with Crippen molar-refractivity contribution >= 4 is 17.3 Å². The molecule has 106 valence electrons. The molecular formula is C16H24ClNO. The maximum absolute atomic E-state index is 6.14. The van der Waals surface area contributed by atoms with Crippen molar-refractivity contribution in [3.05, 3.63) is 22.7 Å². The fourth-order valence-electron chi connectivity index (χ4n) is 2.71. The number of aryl methyl sites for hydroxylation is 1. The van der Waals surface area contributed by atoms with Crippen molar-refractivity contribution in [1.82, 2.24) is 0 Å². The first kappa shape index (κ1) is 14.5. The highest BCUT2D eigenvalue weighted by molar-refractivity contribution is 6.31. The molecule has 2 rings (SSSR count). The van der Waals surface area contributed by atoms with Crippen LogP contribution in [-0.2, 0) is 0 Å². The van der Waals surface area contributed by atoms with Gasteiger partial charge in [0.05, 0.1) is 12.8 Å². The summed E-state index contributed by atoms with van der Waals surface area (Å²) in [6.07, 6.45) is 4.99. The minimum Gasteiger partial charge on any atom is -0.495 e. The lowest BCUT2D eigenvalue weighted by Gasteiger charge is -2.35. The van der Waals surface area contributed by atoms with Gasteiger partial charge in [0.1, 0.15) is 5.75 Å². The zero-order valence-corrected chi connectivity index (χ0v) is 13.1. The van der Waals surface area contributed by atoms with Crippen molar-refractivity contribution in [2.24, 2.45) is 5.41 Å². The summed E-state index contributed by atoms with van der Waals surface area (Å²) in [6.45, 7) is 6.74. The number of hydrogen-bond donors (Lipinski definition) is 1. The second-order valence-electron chi connectivity index (χ2n) is 6.38. The molecule has 0 amide bonds. The first-order valence-electron chi connectivity index (χ1n) is 7.02. The van der Waals surface area contributed by atoms with E-state index in [-0.39, 0.29) is 0 Å². The van der Waals surface area contributed by atoms with Gasteiger partial charge in [0, 0.05) is 17.1 Å². The molecule has 2 nitrogen and oxygen atoms in total. The summed E-state index contributed by atoms with van der Waals surface area (Å²) < 4.78 is 5.42. The number of halogens is 1. The third-order valence-corrected chi connectivity index (χ3v) is 4.59. The summed E-state index contributed by atoms with van der Waals surface area (Å²) in [4.78, 5) is 0. The molecule has 0 spiro atoms. The van der Waals surface area contributed by atoms with Gasteiger partial charge in [0.2, 0.25) is 0 Å². The van der Waals surface area contributed by atoms with Crippen molar-refractivity contribution < 1.29 is 4.74 Å². The molecule has 1 aromatic carbocycles. The van der Waals surface area contributed by atoms with E-state index >= 15 is 0 Å². The summed E-state index contributed by atoms with van der Waals surface area (Å²) in [7, 11) is 1.69. The predicted octanol–water partition coefficient (Wildman–Crippen LogP) is 5.04. The minimum atomic E-state index is 0.498. The van der Waals surface area contributed by atoms with Crippen LogP contribution in [0.15, 0.2) is 12.1 Å². The van der Waals surface area contributed by atoms with Crippen molar-refractivity contribution in [2.45, 2.75) is 52.5 Å². The molecule has 0 radical (unpaired) electrons. The molecule has 0 atom stereocenters. The smallest absolute Gasteiger partial charge is 0.143 e. The van der Waals surface area contributed by atoms with Crippen molar-refractivity contribution in [1.29, 1.82) is 0 Å². The van der Waals surface area contributed by atoms with Gasteiger partial charge < -0.3 is 10.1 Å². The Morgan fingerprint density at radius 2 is 1.89 bits per heavy atom. The zero-order chi connectivity index (χ0) is 14.0. The van der Waals surface area contributed by atoms with E-state index < -0.39 is 0 Å². The number of nitrogens with one attached hydrogen (secondary N) is 1. The van der Waals surface area contributed by atoms with Crippen LogP contribution in [0.5, 0.6) is 5.75 Å². The molecule has 1 aliphatic rings. The van der Waals surface area contributed by atoms with Gasteiger partial charge in [-0.3, -0.25) is 0 Å². The summed E-state index contributed by atoms with van der Waals surface area (Å²) in [5.41, 5.74) is 2.65. The molecule has 0 unspecified atom stereocenters. The van der Waals surface area contributed by atoms with Gasteiger partial charge in [-0.05, 0) is 49.7 Å². The van der Waals surface area contributed by atoms with Crippen LogP contribution in [0.4, 0.5) is 5.69 Å². The summed E-state index contributed by atoms with van der Waals surface area (Å²) >= 11 is 6.14. The predicted molar refractivity (Wildman–Crippen MR) is 82.4 cm³/mol. The molecule has 0 saturated heterocycles. The molecule has 0 aliphatic heterocycles. The van der Waals surface area contributed by atoms with Gasteiger partial charge in [0.15, 0.2) is 0 Å². The van der Waals surface area contributed by atoms with E-state index in [1.54, 1.807) is 7.11 Å². The molecule has 19 heavy (non-hydrogen) atoms. The fraction of sp³-hybridized carbons (Fsp3) is 0.625. The third-order valence-electron chi connectivity index (χ3n) is 4.18. The average molecular weight is 282 g/mol. The van der Waals surface area contributed by atoms with E-state index in [1.807, 2.05) is 13.0 Å². The lowest BCUT2D eigenvalue weighted by molar-refractivity contribution is 0.232. The van der Waals surface area contributed by atoms with E-state index in [2.05, 4.69) is 25.2 Å². The van der Waals surface area contributed by atoms with Crippen LogP contribution in [0.2, 0.25) is 5.02 Å². The van der Waals surface area contributed by atoms with Gasteiger partial charge in [0.25, 0.3) is 0 Å². The third kappa shape index (κ3) is 3.56. The first-order chi connectivity index (χ1) is 8.91.